The summed E-state index contributed by atoms with van der Waals surface area (Å²) in [5.74, 6) is 0.782. The number of thiophene rings is 1. The van der Waals surface area contributed by atoms with Crippen molar-refractivity contribution in [3.05, 3.63) is 114 Å². The molecule has 1 aliphatic carbocycles. The molecule has 0 bridgehead atoms. The second-order valence-electron chi connectivity index (χ2n) is 8.38. The predicted octanol–water partition coefficient (Wildman–Crippen LogP) is 6.96. The zero-order valence-electron chi connectivity index (χ0n) is 18.3. The number of hydrogen-bond acceptors (Lipinski definition) is 5. The number of Topliss-reactive ketones (excluding diaryl/α,β-unsaturated/α-hetero) is 2. The number of imidazole rings is 1. The zero-order chi connectivity index (χ0) is 23.5. The summed E-state index contributed by atoms with van der Waals surface area (Å²) < 4.78 is 7.55. The van der Waals surface area contributed by atoms with Gasteiger partial charge >= 0.3 is 0 Å². The van der Waals surface area contributed by atoms with Crippen LogP contribution in [0.3, 0.4) is 0 Å². The first kappa shape index (κ1) is 19.9. The minimum Gasteiger partial charge on any atom is -0.464 e. The Balaban J connectivity index is 1.41. The van der Waals surface area contributed by atoms with E-state index in [9.17, 15) is 9.59 Å². The second-order valence-corrected chi connectivity index (χ2v) is 9.41. The van der Waals surface area contributed by atoms with E-state index >= 15 is 0 Å². The van der Waals surface area contributed by atoms with E-state index in [0.717, 1.165) is 37.4 Å². The van der Waals surface area contributed by atoms with Crippen molar-refractivity contribution in [3.8, 4) is 16.3 Å². The summed E-state index contributed by atoms with van der Waals surface area (Å²) in [6.45, 7) is 0. The second kappa shape index (κ2) is 7.48. The first-order valence-electron chi connectivity index (χ1n) is 11.1. The Morgan fingerprint density at radius 1 is 0.800 bits per heavy atom. The number of carbonyl (C=O) groups is 2. The summed E-state index contributed by atoms with van der Waals surface area (Å²) >= 11 is 1.51. The Labute approximate surface area is 203 Å². The van der Waals surface area contributed by atoms with E-state index in [-0.39, 0.29) is 17.1 Å². The van der Waals surface area contributed by atoms with Crippen LogP contribution in [0.5, 0.6) is 0 Å². The number of rotatable bonds is 3. The molecular weight excluding hydrogens is 456 g/mol. The number of benzene rings is 3. The lowest BCUT2D eigenvalue weighted by Crippen LogP contribution is -2.03. The summed E-state index contributed by atoms with van der Waals surface area (Å²) in [4.78, 5) is 33.2. The molecule has 0 radical (unpaired) electrons. The Morgan fingerprint density at radius 2 is 1.49 bits per heavy atom. The molecule has 3 heterocycles. The van der Waals surface area contributed by atoms with Gasteiger partial charge in [-0.1, -0.05) is 42.5 Å². The number of carbonyl (C=O) groups excluding carboxylic acids is 2. The van der Waals surface area contributed by atoms with Crippen LogP contribution in [-0.2, 0) is 0 Å². The highest BCUT2D eigenvalue weighted by molar-refractivity contribution is 7.21. The number of nitrogens with zero attached hydrogens (tertiary/aromatic N) is 2. The van der Waals surface area contributed by atoms with Gasteiger partial charge in [0.1, 0.15) is 16.4 Å². The molecule has 6 aromatic rings. The molecule has 5 nitrogen and oxygen atoms in total. The fourth-order valence-electron chi connectivity index (χ4n) is 4.64. The van der Waals surface area contributed by atoms with Crippen LogP contribution in [0.2, 0.25) is 0 Å². The molecule has 3 aromatic carbocycles. The maximum Gasteiger partial charge on any atom is 0.197 e. The lowest BCUT2D eigenvalue weighted by Gasteiger charge is -2.06. The fourth-order valence-corrected chi connectivity index (χ4v) is 5.63. The van der Waals surface area contributed by atoms with Crippen LogP contribution in [0.25, 0.3) is 43.5 Å². The lowest BCUT2D eigenvalue weighted by atomic mass is 10.0. The van der Waals surface area contributed by atoms with Crippen molar-refractivity contribution >= 4 is 50.1 Å². The highest BCUT2D eigenvalue weighted by Gasteiger charge is 2.34. The standard InChI is InChI=1S/C29H16N2O3S/c32-27-20-13-17-7-4-5-8-18(17)14-21(20)28(33)22(27)15-26-30-29-23(31(26)19-9-2-1-3-10-19)16-25(35-29)24-11-6-12-34-24/h1-16H. The maximum absolute atomic E-state index is 13.3. The van der Waals surface area contributed by atoms with E-state index in [0.29, 0.717) is 17.0 Å². The maximum atomic E-state index is 13.3. The monoisotopic (exact) mass is 472 g/mol. The lowest BCUT2D eigenvalue weighted by molar-refractivity contribution is 0.0990. The van der Waals surface area contributed by atoms with Crippen LogP contribution in [0, 0.1) is 0 Å². The number of fused-ring (bicyclic) bond motifs is 3. The van der Waals surface area contributed by atoms with Crippen molar-refractivity contribution in [1.29, 1.82) is 0 Å². The first-order valence-corrected chi connectivity index (χ1v) is 11.9. The largest absolute Gasteiger partial charge is 0.464 e. The number of aromatic nitrogens is 2. The van der Waals surface area contributed by atoms with Crippen LogP contribution in [0.1, 0.15) is 26.5 Å². The van der Waals surface area contributed by atoms with Crippen molar-refractivity contribution in [1.82, 2.24) is 9.55 Å². The predicted molar refractivity (Wildman–Crippen MR) is 137 cm³/mol. The van der Waals surface area contributed by atoms with E-state index in [1.165, 1.54) is 11.3 Å². The van der Waals surface area contributed by atoms with Gasteiger partial charge in [0.05, 0.1) is 22.2 Å². The molecule has 166 valence electrons. The third-order valence-corrected chi connectivity index (χ3v) is 7.33. The number of para-hydroxylation sites is 1. The summed E-state index contributed by atoms with van der Waals surface area (Å²) in [5, 5.41) is 1.87. The highest BCUT2D eigenvalue weighted by Crippen LogP contribution is 2.37. The molecule has 0 unspecified atom stereocenters. The number of hydrogen-bond donors (Lipinski definition) is 0. The van der Waals surface area contributed by atoms with Gasteiger partial charge in [-0.25, -0.2) is 4.98 Å². The number of ketones is 2. The molecule has 0 saturated carbocycles. The SMILES string of the molecule is O=C1C(=Cc2nc3sc(-c4ccco4)cc3n2-c2ccccc2)C(=O)c2cc3ccccc3cc21. The molecule has 0 atom stereocenters. The molecular formula is C29H16N2O3S. The average Bonchev–Trinajstić information content (AvgIpc) is 3.65. The summed E-state index contributed by atoms with van der Waals surface area (Å²) in [7, 11) is 0. The van der Waals surface area contributed by atoms with Gasteiger partial charge in [-0.2, -0.15) is 0 Å². The van der Waals surface area contributed by atoms with Gasteiger partial charge in [0.25, 0.3) is 0 Å². The molecule has 0 amide bonds. The van der Waals surface area contributed by atoms with Crippen molar-refractivity contribution in [2.24, 2.45) is 0 Å². The smallest absolute Gasteiger partial charge is 0.197 e. The molecule has 3 aromatic heterocycles. The van der Waals surface area contributed by atoms with Gasteiger partial charge < -0.3 is 4.42 Å². The Kier molecular flexibility index (Phi) is 4.25. The highest BCUT2D eigenvalue weighted by atomic mass is 32.1. The van der Waals surface area contributed by atoms with Gasteiger partial charge in [0.15, 0.2) is 11.6 Å². The van der Waals surface area contributed by atoms with Gasteiger partial charge in [0.2, 0.25) is 0 Å². The van der Waals surface area contributed by atoms with Crippen LogP contribution in [0.15, 0.2) is 101 Å². The zero-order valence-corrected chi connectivity index (χ0v) is 19.1. The van der Waals surface area contributed by atoms with E-state index < -0.39 is 0 Å². The molecule has 0 N–H and O–H groups in total. The summed E-state index contributed by atoms with van der Waals surface area (Å²) in [6, 6.07) is 27.0. The van der Waals surface area contributed by atoms with Crippen molar-refractivity contribution in [2.45, 2.75) is 0 Å². The molecule has 0 aliphatic heterocycles. The number of furan rings is 1. The fraction of sp³-hybridized carbons (Fsp3) is 0. The van der Waals surface area contributed by atoms with Crippen molar-refractivity contribution in [3.63, 3.8) is 0 Å². The topological polar surface area (TPSA) is 65.1 Å². The van der Waals surface area contributed by atoms with Crippen LogP contribution >= 0.6 is 11.3 Å². The average molecular weight is 473 g/mol. The van der Waals surface area contributed by atoms with Crippen molar-refractivity contribution in [2.75, 3.05) is 0 Å². The van der Waals surface area contributed by atoms with Crippen LogP contribution in [0.4, 0.5) is 0 Å². The van der Waals surface area contributed by atoms with E-state index in [2.05, 4.69) is 0 Å². The molecule has 0 saturated heterocycles. The first-order chi connectivity index (χ1) is 17.2. The minimum absolute atomic E-state index is 0.136. The van der Waals surface area contributed by atoms with Gasteiger partial charge in [-0.05, 0) is 59.3 Å². The summed E-state index contributed by atoms with van der Waals surface area (Å²) in [5.41, 5.74) is 2.81. The molecule has 0 fully saturated rings. The third kappa shape index (κ3) is 3.04. The van der Waals surface area contributed by atoms with E-state index in [1.807, 2.05) is 89.5 Å². The summed E-state index contributed by atoms with van der Waals surface area (Å²) in [6.07, 6.45) is 3.27. The Bertz CT molecular complexity index is 1770. The Morgan fingerprint density at radius 3 is 2.14 bits per heavy atom. The van der Waals surface area contributed by atoms with E-state index in [4.69, 9.17) is 9.40 Å². The van der Waals surface area contributed by atoms with E-state index in [1.54, 1.807) is 12.3 Å². The van der Waals surface area contributed by atoms with Gasteiger partial charge in [-0.3, -0.25) is 14.2 Å². The van der Waals surface area contributed by atoms with Gasteiger partial charge in [-0.15, -0.1) is 11.3 Å². The van der Waals surface area contributed by atoms with Crippen LogP contribution in [-0.4, -0.2) is 21.1 Å². The third-order valence-electron chi connectivity index (χ3n) is 6.30. The molecule has 6 heteroatoms. The van der Waals surface area contributed by atoms with Crippen molar-refractivity contribution < 1.29 is 14.0 Å². The minimum atomic E-state index is -0.266. The van der Waals surface area contributed by atoms with Gasteiger partial charge in [0, 0.05) is 16.8 Å². The quantitative estimate of drug-likeness (QED) is 0.206. The van der Waals surface area contributed by atoms with Crippen LogP contribution < -0.4 is 0 Å². The molecule has 1 aliphatic rings. The molecule has 7 rings (SSSR count). The number of allylic oxidation sites excluding steroid dienone is 1. The Hall–Kier alpha value is -4.55. The molecule has 35 heavy (non-hydrogen) atoms. The normalized spacial score (nSPS) is 13.2. The molecule has 0 spiro atoms.